The van der Waals surface area contributed by atoms with Crippen LogP contribution in [0, 0.1) is 0 Å². The van der Waals surface area contributed by atoms with Gasteiger partial charge in [-0.25, -0.2) is 0 Å². The number of benzene rings is 1. The van der Waals surface area contributed by atoms with Crippen LogP contribution in [0.3, 0.4) is 0 Å². The Hall–Kier alpha value is -1.96. The molecule has 1 fully saturated rings. The standard InChI is InChI=1S/C18H25F3N2O3/c1-25-15-5-7-16(8-6-15)26-13-2-4-17(24)23-10-3-9-22(11-12-23)14-18(19,20)21/h5-8H,2-4,9-14H2,1H3. The molecule has 0 saturated carbocycles. The first-order valence-corrected chi connectivity index (χ1v) is 8.71. The van der Waals surface area contributed by atoms with Crippen LogP contribution < -0.4 is 9.47 Å². The second-order valence-electron chi connectivity index (χ2n) is 6.25. The Kier molecular flexibility index (Phi) is 7.56. The molecule has 8 heteroatoms. The third kappa shape index (κ3) is 7.11. The van der Waals surface area contributed by atoms with Gasteiger partial charge in [0.25, 0.3) is 0 Å². The molecule has 1 saturated heterocycles. The lowest BCUT2D eigenvalue weighted by Gasteiger charge is -2.22. The molecular weight excluding hydrogens is 349 g/mol. The molecule has 1 aromatic carbocycles. The van der Waals surface area contributed by atoms with Gasteiger partial charge in [-0.2, -0.15) is 13.2 Å². The summed E-state index contributed by atoms with van der Waals surface area (Å²) in [6, 6.07) is 7.18. The zero-order chi connectivity index (χ0) is 19.0. The van der Waals surface area contributed by atoms with Crippen LogP contribution in [0.25, 0.3) is 0 Å². The highest BCUT2D eigenvalue weighted by molar-refractivity contribution is 5.76. The summed E-state index contributed by atoms with van der Waals surface area (Å²) in [7, 11) is 1.59. The van der Waals surface area contributed by atoms with Gasteiger partial charge in [-0.1, -0.05) is 0 Å². The van der Waals surface area contributed by atoms with Crippen molar-refractivity contribution in [3.63, 3.8) is 0 Å². The predicted molar refractivity (Wildman–Crippen MR) is 91.4 cm³/mol. The summed E-state index contributed by atoms with van der Waals surface area (Å²) in [4.78, 5) is 15.3. The molecular formula is C18H25F3N2O3. The van der Waals surface area contributed by atoms with Gasteiger partial charge < -0.3 is 14.4 Å². The number of carbonyl (C=O) groups is 1. The van der Waals surface area contributed by atoms with Gasteiger partial charge in [-0.3, -0.25) is 9.69 Å². The zero-order valence-corrected chi connectivity index (χ0v) is 14.9. The van der Waals surface area contributed by atoms with Crippen LogP contribution in [0.2, 0.25) is 0 Å². The summed E-state index contributed by atoms with van der Waals surface area (Å²) in [6.45, 7) is 0.967. The molecule has 0 aliphatic carbocycles. The zero-order valence-electron chi connectivity index (χ0n) is 14.9. The lowest BCUT2D eigenvalue weighted by atomic mass is 10.2. The van der Waals surface area contributed by atoms with E-state index in [0.29, 0.717) is 51.3 Å². The van der Waals surface area contributed by atoms with E-state index < -0.39 is 12.7 Å². The van der Waals surface area contributed by atoms with E-state index in [9.17, 15) is 18.0 Å². The van der Waals surface area contributed by atoms with Crippen LogP contribution in [0.15, 0.2) is 24.3 Å². The second kappa shape index (κ2) is 9.66. The van der Waals surface area contributed by atoms with Crippen molar-refractivity contribution in [2.24, 2.45) is 0 Å². The fourth-order valence-electron chi connectivity index (χ4n) is 2.88. The van der Waals surface area contributed by atoms with Gasteiger partial charge in [0.15, 0.2) is 0 Å². The lowest BCUT2D eigenvalue weighted by Crippen LogP contribution is -2.38. The summed E-state index contributed by atoms with van der Waals surface area (Å²) in [6.07, 6.45) is -2.74. The first-order valence-electron chi connectivity index (χ1n) is 8.71. The molecule has 1 heterocycles. The van der Waals surface area contributed by atoms with Crippen LogP contribution in [0.1, 0.15) is 19.3 Å². The Morgan fingerprint density at radius 2 is 1.77 bits per heavy atom. The maximum atomic E-state index is 12.5. The molecule has 0 radical (unpaired) electrons. The van der Waals surface area contributed by atoms with Gasteiger partial charge in [-0.15, -0.1) is 0 Å². The Morgan fingerprint density at radius 3 is 2.42 bits per heavy atom. The largest absolute Gasteiger partial charge is 0.497 e. The van der Waals surface area contributed by atoms with Crippen molar-refractivity contribution in [2.45, 2.75) is 25.4 Å². The minimum Gasteiger partial charge on any atom is -0.497 e. The van der Waals surface area contributed by atoms with Gasteiger partial charge >= 0.3 is 6.18 Å². The molecule has 146 valence electrons. The quantitative estimate of drug-likeness (QED) is 0.689. The maximum absolute atomic E-state index is 12.5. The Balaban J connectivity index is 1.67. The highest BCUT2D eigenvalue weighted by Crippen LogP contribution is 2.19. The predicted octanol–water partition coefficient (Wildman–Crippen LogP) is 2.95. The van der Waals surface area contributed by atoms with Crippen molar-refractivity contribution in [3.8, 4) is 11.5 Å². The molecule has 26 heavy (non-hydrogen) atoms. The van der Waals surface area contributed by atoms with Crippen LogP contribution in [0.4, 0.5) is 13.2 Å². The van der Waals surface area contributed by atoms with Gasteiger partial charge in [0.2, 0.25) is 5.91 Å². The molecule has 1 amide bonds. The van der Waals surface area contributed by atoms with E-state index in [1.165, 1.54) is 4.90 Å². The number of rotatable bonds is 7. The Morgan fingerprint density at radius 1 is 1.08 bits per heavy atom. The molecule has 1 aliphatic rings. The van der Waals surface area contributed by atoms with Crippen molar-refractivity contribution in [1.29, 1.82) is 0 Å². The summed E-state index contributed by atoms with van der Waals surface area (Å²) in [5.41, 5.74) is 0. The summed E-state index contributed by atoms with van der Waals surface area (Å²) in [5.74, 6) is 1.42. The molecule has 1 aromatic rings. The fraction of sp³-hybridized carbons (Fsp3) is 0.611. The molecule has 0 atom stereocenters. The Bertz CT molecular complexity index is 564. The van der Waals surface area contributed by atoms with E-state index in [0.717, 1.165) is 5.75 Å². The summed E-state index contributed by atoms with van der Waals surface area (Å²) >= 11 is 0. The molecule has 1 aliphatic heterocycles. The topological polar surface area (TPSA) is 42.0 Å². The smallest absolute Gasteiger partial charge is 0.401 e. The molecule has 5 nitrogen and oxygen atoms in total. The first-order chi connectivity index (χ1) is 12.4. The third-order valence-corrected chi connectivity index (χ3v) is 4.21. The normalized spacial score (nSPS) is 16.2. The van der Waals surface area contributed by atoms with E-state index in [1.54, 1.807) is 36.3 Å². The number of amides is 1. The van der Waals surface area contributed by atoms with Crippen LogP contribution in [0.5, 0.6) is 11.5 Å². The number of methoxy groups -OCH3 is 1. The minimum absolute atomic E-state index is 0.0304. The number of carbonyl (C=O) groups excluding carboxylic acids is 1. The van der Waals surface area contributed by atoms with Crippen molar-refractivity contribution in [3.05, 3.63) is 24.3 Å². The number of hydrogen-bond acceptors (Lipinski definition) is 4. The number of nitrogens with zero attached hydrogens (tertiary/aromatic N) is 2. The van der Waals surface area contributed by atoms with Crippen molar-refractivity contribution >= 4 is 5.91 Å². The molecule has 2 rings (SSSR count). The molecule has 0 spiro atoms. The molecule has 0 aromatic heterocycles. The first kappa shape index (κ1) is 20.4. The number of ether oxygens (including phenoxy) is 2. The van der Waals surface area contributed by atoms with Crippen molar-refractivity contribution in [2.75, 3.05) is 46.4 Å². The average molecular weight is 374 g/mol. The van der Waals surface area contributed by atoms with Gasteiger partial charge in [-0.05, 0) is 37.1 Å². The SMILES string of the molecule is COc1ccc(OCCCC(=O)N2CCCN(CC(F)(F)F)CC2)cc1. The second-order valence-corrected chi connectivity index (χ2v) is 6.25. The van der Waals surface area contributed by atoms with Gasteiger partial charge in [0.05, 0.1) is 20.3 Å². The number of alkyl halides is 3. The van der Waals surface area contributed by atoms with Gasteiger partial charge in [0, 0.05) is 32.6 Å². The molecule has 0 unspecified atom stereocenters. The van der Waals surface area contributed by atoms with Crippen LogP contribution in [-0.2, 0) is 4.79 Å². The van der Waals surface area contributed by atoms with Gasteiger partial charge in [0.1, 0.15) is 11.5 Å². The van der Waals surface area contributed by atoms with E-state index in [2.05, 4.69) is 0 Å². The average Bonchev–Trinajstić information content (AvgIpc) is 2.83. The molecule has 0 bridgehead atoms. The van der Waals surface area contributed by atoms with E-state index >= 15 is 0 Å². The highest BCUT2D eigenvalue weighted by Gasteiger charge is 2.31. The third-order valence-electron chi connectivity index (χ3n) is 4.21. The van der Waals surface area contributed by atoms with E-state index in [4.69, 9.17) is 9.47 Å². The van der Waals surface area contributed by atoms with Crippen LogP contribution >= 0.6 is 0 Å². The Labute approximate surface area is 151 Å². The monoisotopic (exact) mass is 374 g/mol. The van der Waals surface area contributed by atoms with Crippen molar-refractivity contribution in [1.82, 2.24) is 9.80 Å². The van der Waals surface area contributed by atoms with Crippen molar-refractivity contribution < 1.29 is 27.4 Å². The highest BCUT2D eigenvalue weighted by atomic mass is 19.4. The number of hydrogen-bond donors (Lipinski definition) is 0. The van der Waals surface area contributed by atoms with E-state index in [1.807, 2.05) is 0 Å². The molecule has 0 N–H and O–H groups in total. The fourth-order valence-corrected chi connectivity index (χ4v) is 2.88. The minimum atomic E-state index is -4.20. The lowest BCUT2D eigenvalue weighted by molar-refractivity contribution is -0.145. The van der Waals surface area contributed by atoms with E-state index in [-0.39, 0.29) is 12.5 Å². The summed E-state index contributed by atoms with van der Waals surface area (Å²) < 4.78 is 48.1. The van der Waals surface area contributed by atoms with Crippen LogP contribution in [-0.4, -0.2) is 68.3 Å². The number of halogens is 3. The summed E-state index contributed by atoms with van der Waals surface area (Å²) in [5, 5.41) is 0. The maximum Gasteiger partial charge on any atom is 0.401 e.